The van der Waals surface area contributed by atoms with E-state index in [1.807, 2.05) is 0 Å². The number of hydrogen-bond donors (Lipinski definition) is 12. The smallest absolute Gasteiger partial charge is 0.387 e. The molecule has 0 aromatic carbocycles. The van der Waals surface area contributed by atoms with Gasteiger partial charge in [-0.1, -0.05) is 11.1 Å². The van der Waals surface area contributed by atoms with Crippen LogP contribution >= 0.6 is 31.3 Å². The van der Waals surface area contributed by atoms with Gasteiger partial charge in [-0.05, 0) is 6.07 Å². The third kappa shape index (κ3) is 12.2. The number of aromatic nitrogens is 11. The molecule has 0 aliphatic carbocycles. The van der Waals surface area contributed by atoms with Crippen molar-refractivity contribution in [3.63, 3.8) is 0 Å². The summed E-state index contributed by atoms with van der Waals surface area (Å²) < 4.78 is 117. The minimum atomic E-state index is -6.19. The van der Waals surface area contributed by atoms with Gasteiger partial charge in [0, 0.05) is 19.2 Å². The molecular weight excluding hydrogens is 1150 g/mol. The fourth-order valence-electron chi connectivity index (χ4n) is 9.01. The summed E-state index contributed by atoms with van der Waals surface area (Å²) in [5.41, 5.74) is 15.9. The predicted molar refractivity (Wildman–Crippen MR) is 260 cm³/mol. The second kappa shape index (κ2) is 22.5. The zero-order valence-electron chi connectivity index (χ0n) is 40.8. The fraction of sp³-hybridized carbons (Fsp3) is 0.514. The quantitative estimate of drug-likeness (QED) is 0.0135. The molecule has 3 saturated heterocycles. The van der Waals surface area contributed by atoms with Crippen molar-refractivity contribution in [3.8, 4) is 0 Å². The minimum Gasteiger partial charge on any atom is -0.387 e. The monoisotopic (exact) mass is 1200 g/mol. The first-order chi connectivity index (χ1) is 37.2. The number of aliphatic hydroxyl groups excluding tert-OH is 3. The van der Waals surface area contributed by atoms with Crippen LogP contribution in [0.25, 0.3) is 33.4 Å². The van der Waals surface area contributed by atoms with Crippen LogP contribution in [0.2, 0.25) is 0 Å². The predicted octanol–water partition coefficient (Wildman–Crippen LogP) is -2.65. The van der Waals surface area contributed by atoms with Crippen LogP contribution in [0.3, 0.4) is 0 Å². The minimum absolute atomic E-state index is 0.0175. The molecule has 0 saturated carbocycles. The van der Waals surface area contributed by atoms with E-state index in [-0.39, 0.29) is 58.9 Å². The Morgan fingerprint density at radius 3 is 2.10 bits per heavy atom. The maximum atomic E-state index is 13.7. The molecule has 15 N–H and O–H groups in total. The third-order valence-corrected chi connectivity index (χ3v) is 17.7. The van der Waals surface area contributed by atoms with Crippen molar-refractivity contribution < 1.29 is 108 Å². The number of aryl methyl sites for hydroxylation is 1. The Morgan fingerprint density at radius 2 is 1.41 bits per heavy atom. The van der Waals surface area contributed by atoms with Gasteiger partial charge in [-0.25, -0.2) is 37.8 Å². The normalized spacial score (nSPS) is 29.5. The molecule has 0 amide bonds. The van der Waals surface area contributed by atoms with E-state index >= 15 is 0 Å². The SMILES string of the molecule is C=CCOC[C@@H]1[C@@H](COP(=O)(O)OP(=O)(O)OP(=O)(O)OC[C@H]2O[C@@H](n3ccc4c(N)ncnc43)[C@H](OC)[C@@H]2OP(=O)(O)OC[C@H]2O[C@@H](n3cnc4c(=O)[nH]c(N)nc43)[C@H](O)[C@@H]2O)OC([n+]2cn(C)c3c(=O)[nH]c(N)nc32)[C@@H]1O. The first-order valence-corrected chi connectivity index (χ1v) is 28.8. The Hall–Kier alpha value is -5.34. The molecule has 6 aromatic heterocycles. The molecule has 0 bridgehead atoms. The Bertz CT molecular complexity index is 3580. The largest absolute Gasteiger partial charge is 0.490 e. The van der Waals surface area contributed by atoms with Gasteiger partial charge in [-0.15, -0.1) is 6.58 Å². The topological polar surface area (TPSA) is 538 Å². The van der Waals surface area contributed by atoms with Crippen LogP contribution in [0.4, 0.5) is 17.7 Å². The summed E-state index contributed by atoms with van der Waals surface area (Å²) in [4.78, 5) is 92.7. The van der Waals surface area contributed by atoms with Crippen LogP contribution in [-0.4, -0.2) is 172 Å². The van der Waals surface area contributed by atoms with Crippen molar-refractivity contribution in [2.45, 2.75) is 67.5 Å². The van der Waals surface area contributed by atoms with Crippen LogP contribution in [0.15, 0.2) is 53.5 Å². The van der Waals surface area contributed by atoms with Gasteiger partial charge in [0.15, 0.2) is 29.9 Å². The number of phosphoric ester groups is 3. The Morgan fingerprint density at radius 1 is 0.759 bits per heavy atom. The van der Waals surface area contributed by atoms with Crippen molar-refractivity contribution >= 4 is 82.4 Å². The van der Waals surface area contributed by atoms with Crippen LogP contribution in [0, 0.1) is 5.92 Å². The molecule has 38 nitrogen and oxygen atoms in total. The summed E-state index contributed by atoms with van der Waals surface area (Å²) in [7, 11) is -20.8. The van der Waals surface area contributed by atoms with Gasteiger partial charge < -0.3 is 80.3 Å². The van der Waals surface area contributed by atoms with Gasteiger partial charge in [0.25, 0.3) is 17.1 Å². The number of fused-ring (bicyclic) bond motifs is 3. The van der Waals surface area contributed by atoms with Crippen LogP contribution in [0.5, 0.6) is 0 Å². The van der Waals surface area contributed by atoms with Gasteiger partial charge in [0.1, 0.15) is 60.5 Å². The van der Waals surface area contributed by atoms with E-state index < -0.39 is 136 Å². The molecule has 3 aliphatic rings. The highest BCUT2D eigenvalue weighted by Gasteiger charge is 2.54. The number of nitrogens with two attached hydrogens (primary N) is 3. The molecular formula is C37H51N14O24P4+. The van der Waals surface area contributed by atoms with Gasteiger partial charge in [-0.3, -0.25) is 46.8 Å². The van der Waals surface area contributed by atoms with E-state index in [4.69, 9.17) is 59.0 Å². The number of imidazole rings is 2. The van der Waals surface area contributed by atoms with Crippen LogP contribution in [0.1, 0.15) is 18.7 Å². The van der Waals surface area contributed by atoms with E-state index in [9.17, 15) is 62.7 Å². The number of rotatable bonds is 23. The molecule has 42 heteroatoms. The molecule has 0 radical (unpaired) electrons. The molecule has 9 heterocycles. The van der Waals surface area contributed by atoms with Gasteiger partial charge in [0.05, 0.1) is 57.9 Å². The first kappa shape index (κ1) is 58.3. The zero-order valence-corrected chi connectivity index (χ0v) is 44.3. The number of nitrogens with zero attached hydrogens (tertiary/aromatic N) is 9. The lowest BCUT2D eigenvalue weighted by atomic mass is 9.99. The average molecular weight is 1200 g/mol. The number of aromatic amines is 2. The van der Waals surface area contributed by atoms with Crippen molar-refractivity contribution in [2.75, 3.05) is 57.3 Å². The Balaban J connectivity index is 0.873. The number of H-pyrrole nitrogens is 2. The highest BCUT2D eigenvalue weighted by molar-refractivity contribution is 7.66. The van der Waals surface area contributed by atoms with Gasteiger partial charge in [0.2, 0.25) is 17.7 Å². The van der Waals surface area contributed by atoms with Gasteiger partial charge >= 0.3 is 36.9 Å². The van der Waals surface area contributed by atoms with E-state index in [0.29, 0.717) is 5.39 Å². The maximum absolute atomic E-state index is 13.7. The number of anilines is 3. The highest BCUT2D eigenvalue weighted by atomic mass is 31.3. The summed E-state index contributed by atoms with van der Waals surface area (Å²) in [6.45, 7) is 0.0639. The second-order valence-electron chi connectivity index (χ2n) is 17.6. The number of nitrogen functional groups attached to an aromatic ring is 3. The number of aliphatic hydroxyl groups is 3. The van der Waals surface area contributed by atoms with Crippen molar-refractivity contribution in [2.24, 2.45) is 13.0 Å². The fourth-order valence-corrected chi connectivity index (χ4v) is 13.5. The lowest BCUT2D eigenvalue weighted by Crippen LogP contribution is -2.45. The van der Waals surface area contributed by atoms with Crippen LogP contribution in [-0.2, 0) is 75.7 Å². The highest BCUT2D eigenvalue weighted by Crippen LogP contribution is 2.68. The Kier molecular flexibility index (Phi) is 16.6. The maximum Gasteiger partial charge on any atom is 0.490 e. The summed E-state index contributed by atoms with van der Waals surface area (Å²) in [5, 5.41) is 33.5. The molecule has 16 atom stereocenters. The summed E-state index contributed by atoms with van der Waals surface area (Å²) in [6.07, 6.45) is -11.1. The number of nitrogens with one attached hydrogen (secondary N) is 2. The summed E-state index contributed by atoms with van der Waals surface area (Å²) in [5.74, 6) is -1.63. The first-order valence-electron chi connectivity index (χ1n) is 22.8. The molecule has 9 rings (SSSR count). The van der Waals surface area contributed by atoms with Crippen molar-refractivity contribution in [3.05, 3.63) is 64.6 Å². The van der Waals surface area contributed by atoms with Crippen LogP contribution < -0.4 is 32.9 Å². The van der Waals surface area contributed by atoms with E-state index in [2.05, 4.69) is 50.1 Å². The number of phosphoric acid groups is 4. The van der Waals surface area contributed by atoms with Crippen molar-refractivity contribution in [1.29, 1.82) is 0 Å². The molecule has 3 aliphatic heterocycles. The third-order valence-electron chi connectivity index (χ3n) is 12.4. The number of ether oxygens (including phenoxy) is 5. The lowest BCUT2D eigenvalue weighted by Gasteiger charge is -2.26. The average Bonchev–Trinajstić information content (AvgIpc) is 4.23. The summed E-state index contributed by atoms with van der Waals surface area (Å²) in [6, 6.07) is 1.48. The standard InChI is InChI=1S/C37H50N14O24P4/c1-4-7-66-8-16-17(70-33(22(16)52)51-14-48(2)21-30(51)45-37(40)47-32(21)56)9-68-77(59,60)74-79(63,64)75-78(61,62)69-11-19-25(26(65-3)35(72-19)49-6-5-15-27(38)41-12-42-28(15)49)73-76(57,58)67-10-18-23(53)24(54)34(71-18)50-13-43-20-29(50)44-36(39)46-31(20)55/h4-6,12-14,16-19,22-26,33-35,52-54H,1,7-11H2,2-3H3,(H11-,38,39,40,41,42,44,45,46,47,55,56,57,58,59,60,61,62,63,64)/p+1/t16-,17-,18-,19-,22-,23-,24-,25-,26-,33?,34-,35-/m1/s1. The van der Waals surface area contributed by atoms with Crippen molar-refractivity contribution in [1.82, 2.24) is 48.6 Å². The van der Waals surface area contributed by atoms with E-state index in [1.54, 1.807) is 0 Å². The molecule has 3 fully saturated rings. The van der Waals surface area contributed by atoms with E-state index in [0.717, 1.165) is 24.3 Å². The molecule has 79 heavy (non-hydrogen) atoms. The zero-order chi connectivity index (χ0) is 57.1. The Labute approximate surface area is 440 Å². The number of hydrogen-bond acceptors (Lipinski definition) is 28. The molecule has 432 valence electrons. The van der Waals surface area contributed by atoms with E-state index in [1.165, 1.54) is 45.4 Å². The number of methoxy groups -OCH3 is 1. The van der Waals surface area contributed by atoms with Gasteiger partial charge in [-0.2, -0.15) is 13.6 Å². The molecule has 5 unspecified atom stereocenters. The second-order valence-corrected chi connectivity index (χ2v) is 23.6. The summed E-state index contributed by atoms with van der Waals surface area (Å²) >= 11 is 0. The molecule has 0 spiro atoms. The molecule has 6 aromatic rings. The lowest BCUT2D eigenvalue weighted by molar-refractivity contribution is -0.745.